The van der Waals surface area contributed by atoms with E-state index in [4.69, 9.17) is 8.37 Å². The van der Waals surface area contributed by atoms with Crippen molar-refractivity contribution in [1.82, 2.24) is 0 Å². The monoisotopic (exact) mass is 352 g/mol. The zero-order chi connectivity index (χ0) is 17.1. The molecule has 2 aromatic rings. The molecule has 0 saturated heterocycles. The summed E-state index contributed by atoms with van der Waals surface area (Å²) in [5.74, 6) is 0.725. The standard InChI is InChI=1S/C17H20O4S2/c1-13-5-11-16(12-6-13)23(18,19)21-22-15-9-7-14(8-10-15)20-17(2,3)4/h5-12H,1-4H3. The Morgan fingerprint density at radius 3 is 2.00 bits per heavy atom. The molecule has 0 spiro atoms. The minimum Gasteiger partial charge on any atom is -0.488 e. The van der Waals surface area contributed by atoms with Crippen LogP contribution in [-0.2, 0) is 13.7 Å². The summed E-state index contributed by atoms with van der Waals surface area (Å²) in [4.78, 5) is 0.824. The first-order valence-corrected chi connectivity index (χ1v) is 9.28. The van der Waals surface area contributed by atoms with E-state index in [0.29, 0.717) is 4.90 Å². The van der Waals surface area contributed by atoms with Gasteiger partial charge < -0.3 is 4.74 Å². The summed E-state index contributed by atoms with van der Waals surface area (Å²) in [7, 11) is -3.78. The van der Waals surface area contributed by atoms with Gasteiger partial charge in [0.2, 0.25) is 0 Å². The van der Waals surface area contributed by atoms with Crippen molar-refractivity contribution < 1.29 is 16.8 Å². The molecule has 0 atom stereocenters. The van der Waals surface area contributed by atoms with Crippen molar-refractivity contribution in [3.8, 4) is 5.75 Å². The fraction of sp³-hybridized carbons (Fsp3) is 0.294. The Bertz CT molecular complexity index is 743. The zero-order valence-corrected chi connectivity index (χ0v) is 15.2. The highest BCUT2D eigenvalue weighted by Crippen LogP contribution is 2.28. The van der Waals surface area contributed by atoms with Crippen LogP contribution in [0.25, 0.3) is 0 Å². The number of rotatable bonds is 5. The molecular weight excluding hydrogens is 332 g/mol. The van der Waals surface area contributed by atoms with E-state index in [-0.39, 0.29) is 10.5 Å². The minimum atomic E-state index is -3.78. The van der Waals surface area contributed by atoms with Gasteiger partial charge in [0, 0.05) is 16.9 Å². The van der Waals surface area contributed by atoms with E-state index in [9.17, 15) is 8.42 Å². The SMILES string of the molecule is Cc1ccc(S(=O)(=O)OSc2ccc(OC(C)(C)C)cc2)cc1. The lowest BCUT2D eigenvalue weighted by Gasteiger charge is -2.21. The van der Waals surface area contributed by atoms with Crippen LogP contribution in [0.2, 0.25) is 0 Å². The van der Waals surface area contributed by atoms with Crippen molar-refractivity contribution in [1.29, 1.82) is 0 Å². The number of hydrogen-bond donors (Lipinski definition) is 0. The van der Waals surface area contributed by atoms with Crippen LogP contribution in [0.5, 0.6) is 5.75 Å². The van der Waals surface area contributed by atoms with Crippen molar-refractivity contribution in [3.63, 3.8) is 0 Å². The molecular formula is C17H20O4S2. The van der Waals surface area contributed by atoms with Gasteiger partial charge in [-0.05, 0) is 64.1 Å². The van der Waals surface area contributed by atoms with E-state index in [1.165, 1.54) is 12.1 Å². The van der Waals surface area contributed by atoms with Crippen LogP contribution in [0.15, 0.2) is 58.3 Å². The zero-order valence-electron chi connectivity index (χ0n) is 13.6. The van der Waals surface area contributed by atoms with Crippen LogP contribution >= 0.6 is 12.0 Å². The lowest BCUT2D eigenvalue weighted by molar-refractivity contribution is 0.131. The first kappa shape index (κ1) is 17.8. The maximum absolute atomic E-state index is 12.1. The molecule has 0 saturated carbocycles. The Labute approximate surface area is 142 Å². The van der Waals surface area contributed by atoms with E-state index in [2.05, 4.69) is 0 Å². The van der Waals surface area contributed by atoms with Crippen molar-refractivity contribution in [3.05, 3.63) is 54.1 Å². The summed E-state index contributed by atoms with van der Waals surface area (Å²) in [6, 6.07) is 13.6. The van der Waals surface area contributed by atoms with Gasteiger partial charge in [-0.2, -0.15) is 12.0 Å². The summed E-state index contributed by atoms with van der Waals surface area (Å²) >= 11 is 0.810. The van der Waals surface area contributed by atoms with Crippen LogP contribution in [-0.4, -0.2) is 14.0 Å². The van der Waals surface area contributed by atoms with E-state index in [1.54, 1.807) is 36.4 Å². The van der Waals surface area contributed by atoms with Crippen molar-refractivity contribution in [2.45, 2.75) is 43.1 Å². The quantitative estimate of drug-likeness (QED) is 0.737. The van der Waals surface area contributed by atoms with Crippen LogP contribution in [0.4, 0.5) is 0 Å². The second-order valence-electron chi connectivity index (χ2n) is 6.10. The van der Waals surface area contributed by atoms with Gasteiger partial charge in [-0.25, -0.2) is 0 Å². The second-order valence-corrected chi connectivity index (χ2v) is 8.67. The highest BCUT2D eigenvalue weighted by Gasteiger charge is 2.16. The predicted octanol–water partition coefficient (Wildman–Crippen LogP) is 4.58. The molecule has 0 bridgehead atoms. The second kappa shape index (κ2) is 6.95. The third kappa shape index (κ3) is 5.57. The van der Waals surface area contributed by atoms with Crippen LogP contribution < -0.4 is 4.74 Å². The molecule has 6 heteroatoms. The van der Waals surface area contributed by atoms with Gasteiger partial charge in [-0.15, -0.1) is 0 Å². The summed E-state index contributed by atoms with van der Waals surface area (Å²) in [6.07, 6.45) is 0. The number of benzene rings is 2. The fourth-order valence-corrected chi connectivity index (χ4v) is 3.45. The third-order valence-corrected chi connectivity index (χ3v) is 5.08. The average Bonchev–Trinajstić information content (AvgIpc) is 2.45. The highest BCUT2D eigenvalue weighted by molar-refractivity contribution is 8.04. The third-order valence-electron chi connectivity index (χ3n) is 2.78. The highest BCUT2D eigenvalue weighted by atomic mass is 32.3. The molecule has 124 valence electrons. The Morgan fingerprint density at radius 2 is 1.48 bits per heavy atom. The minimum absolute atomic E-state index is 0.142. The van der Waals surface area contributed by atoms with E-state index in [0.717, 1.165) is 23.4 Å². The van der Waals surface area contributed by atoms with Crippen LogP contribution in [0.1, 0.15) is 26.3 Å². The smallest absolute Gasteiger partial charge is 0.308 e. The molecule has 0 radical (unpaired) electrons. The largest absolute Gasteiger partial charge is 0.488 e. The predicted molar refractivity (Wildman–Crippen MR) is 92.1 cm³/mol. The lowest BCUT2D eigenvalue weighted by atomic mass is 10.2. The van der Waals surface area contributed by atoms with Crippen molar-refractivity contribution in [2.75, 3.05) is 0 Å². The molecule has 2 rings (SSSR count). The number of ether oxygens (including phenoxy) is 1. The van der Waals surface area contributed by atoms with Gasteiger partial charge in [-0.3, -0.25) is 0 Å². The van der Waals surface area contributed by atoms with Gasteiger partial charge in [-0.1, -0.05) is 17.7 Å². The van der Waals surface area contributed by atoms with Gasteiger partial charge in [0.05, 0.1) is 4.90 Å². The summed E-state index contributed by atoms with van der Waals surface area (Å²) in [5.41, 5.74) is 0.714. The van der Waals surface area contributed by atoms with Crippen LogP contribution in [0, 0.1) is 6.92 Å². The van der Waals surface area contributed by atoms with Crippen molar-refractivity contribution in [2.24, 2.45) is 0 Å². The van der Waals surface area contributed by atoms with Gasteiger partial charge in [0.25, 0.3) is 0 Å². The Morgan fingerprint density at radius 1 is 0.913 bits per heavy atom. The molecule has 0 unspecified atom stereocenters. The maximum atomic E-state index is 12.1. The Balaban J connectivity index is 2.01. The number of hydrogen-bond acceptors (Lipinski definition) is 5. The summed E-state index contributed by atoms with van der Waals surface area (Å²) < 4.78 is 35.0. The van der Waals surface area contributed by atoms with Gasteiger partial charge >= 0.3 is 10.1 Å². The van der Waals surface area contributed by atoms with Crippen molar-refractivity contribution >= 4 is 22.2 Å². The topological polar surface area (TPSA) is 52.6 Å². The summed E-state index contributed by atoms with van der Waals surface area (Å²) in [5, 5.41) is 0. The lowest BCUT2D eigenvalue weighted by Crippen LogP contribution is -2.22. The molecule has 0 fully saturated rings. The molecule has 0 N–H and O–H groups in total. The molecule has 2 aromatic carbocycles. The first-order valence-electron chi connectivity index (χ1n) is 7.13. The van der Waals surface area contributed by atoms with Gasteiger partial charge in [0.15, 0.2) is 0 Å². The number of aryl methyl sites for hydroxylation is 1. The van der Waals surface area contributed by atoms with Gasteiger partial charge in [0.1, 0.15) is 11.4 Å². The Hall–Kier alpha value is -1.50. The molecule has 0 aromatic heterocycles. The molecule has 0 aliphatic rings. The van der Waals surface area contributed by atoms with Crippen LogP contribution in [0.3, 0.4) is 0 Å². The molecule has 23 heavy (non-hydrogen) atoms. The average molecular weight is 352 g/mol. The Kier molecular flexibility index (Phi) is 5.39. The van der Waals surface area contributed by atoms with E-state index >= 15 is 0 Å². The molecule has 0 amide bonds. The summed E-state index contributed by atoms with van der Waals surface area (Å²) in [6.45, 7) is 7.79. The van der Waals surface area contributed by atoms with E-state index < -0.39 is 10.1 Å². The fourth-order valence-electron chi connectivity index (χ4n) is 1.75. The molecule has 0 heterocycles. The first-order chi connectivity index (χ1) is 10.7. The van der Waals surface area contributed by atoms with E-state index in [1.807, 2.05) is 27.7 Å². The maximum Gasteiger partial charge on any atom is 0.308 e. The molecule has 0 aliphatic heterocycles. The molecule has 4 nitrogen and oxygen atoms in total. The normalized spacial score (nSPS) is 12.2. The molecule has 0 aliphatic carbocycles.